The Morgan fingerprint density at radius 3 is 2.13 bits per heavy atom. The molecule has 0 saturated carbocycles. The molecule has 0 heterocycles. The summed E-state index contributed by atoms with van der Waals surface area (Å²) in [6, 6.07) is -0.167. The predicted molar refractivity (Wildman–Crippen MR) is 61.4 cm³/mol. The lowest BCUT2D eigenvalue weighted by Gasteiger charge is -2.27. The Morgan fingerprint density at radius 1 is 1.33 bits per heavy atom. The van der Waals surface area contributed by atoms with Crippen molar-refractivity contribution in [2.24, 2.45) is 11.1 Å². The summed E-state index contributed by atoms with van der Waals surface area (Å²) in [6.45, 7) is 9.55. The van der Waals surface area contributed by atoms with Crippen LogP contribution in [0.15, 0.2) is 0 Å². The van der Waals surface area contributed by atoms with Crippen LogP contribution in [0.5, 0.6) is 0 Å². The van der Waals surface area contributed by atoms with E-state index in [9.17, 15) is 9.90 Å². The van der Waals surface area contributed by atoms with Gasteiger partial charge in [0, 0.05) is 19.0 Å². The highest BCUT2D eigenvalue weighted by Gasteiger charge is 2.23. The summed E-state index contributed by atoms with van der Waals surface area (Å²) >= 11 is 0. The topological polar surface area (TPSA) is 75.3 Å². The minimum atomic E-state index is -0.874. The summed E-state index contributed by atoms with van der Waals surface area (Å²) in [5.74, 6) is -0.112. The Balaban J connectivity index is 3.96. The predicted octanol–water partition coefficient (Wildman–Crippen LogP) is 0.637. The van der Waals surface area contributed by atoms with E-state index in [1.807, 2.05) is 20.8 Å². The fourth-order valence-corrected chi connectivity index (χ4v) is 0.893. The molecule has 1 amide bonds. The van der Waals surface area contributed by atoms with Crippen LogP contribution in [0.4, 0.5) is 0 Å². The summed E-state index contributed by atoms with van der Waals surface area (Å²) in [4.78, 5) is 11.4. The molecule has 4 nitrogen and oxygen atoms in total. The van der Waals surface area contributed by atoms with Crippen molar-refractivity contribution in [2.75, 3.05) is 6.54 Å². The zero-order chi connectivity index (χ0) is 12.3. The number of nitrogens with two attached hydrogens (primary N) is 1. The lowest BCUT2D eigenvalue weighted by Crippen LogP contribution is -2.43. The molecule has 90 valence electrons. The minimum absolute atomic E-state index is 0.0773. The lowest BCUT2D eigenvalue weighted by molar-refractivity contribution is -0.122. The molecule has 0 spiro atoms. The third-order valence-electron chi connectivity index (χ3n) is 2.24. The van der Waals surface area contributed by atoms with Gasteiger partial charge in [-0.3, -0.25) is 4.79 Å². The molecular weight excluding hydrogens is 192 g/mol. The highest BCUT2D eigenvalue weighted by Crippen LogP contribution is 2.19. The van der Waals surface area contributed by atoms with Crippen LogP contribution in [0.25, 0.3) is 0 Å². The summed E-state index contributed by atoms with van der Waals surface area (Å²) in [5.41, 5.74) is 4.92. The van der Waals surface area contributed by atoms with Crippen LogP contribution >= 0.6 is 0 Å². The van der Waals surface area contributed by atoms with E-state index >= 15 is 0 Å². The molecule has 0 aromatic rings. The van der Waals surface area contributed by atoms with Crippen molar-refractivity contribution >= 4 is 5.91 Å². The number of carbonyl (C=O) groups is 1. The molecule has 4 heteroatoms. The maximum atomic E-state index is 11.4. The molecule has 1 atom stereocenters. The Bertz CT molecular complexity index is 214. The van der Waals surface area contributed by atoms with Gasteiger partial charge in [0.15, 0.2) is 0 Å². The van der Waals surface area contributed by atoms with E-state index in [1.54, 1.807) is 13.8 Å². The normalized spacial score (nSPS) is 14.9. The van der Waals surface area contributed by atoms with Crippen molar-refractivity contribution in [1.82, 2.24) is 5.32 Å². The highest BCUT2D eigenvalue weighted by atomic mass is 16.3. The number of hydrogen-bond donors (Lipinski definition) is 3. The largest absolute Gasteiger partial charge is 0.389 e. The van der Waals surface area contributed by atoms with E-state index in [2.05, 4.69) is 5.32 Å². The molecule has 0 aromatic carbocycles. The summed E-state index contributed by atoms with van der Waals surface area (Å²) in [6.07, 6.45) is 0.291. The Labute approximate surface area is 92.2 Å². The summed E-state index contributed by atoms with van der Waals surface area (Å²) in [5, 5.41) is 12.1. The zero-order valence-electron chi connectivity index (χ0n) is 10.4. The maximum absolute atomic E-state index is 11.4. The van der Waals surface area contributed by atoms with Gasteiger partial charge in [0.05, 0.1) is 5.60 Å². The summed E-state index contributed by atoms with van der Waals surface area (Å²) < 4.78 is 0. The molecule has 0 bridgehead atoms. The van der Waals surface area contributed by atoms with Crippen molar-refractivity contribution in [1.29, 1.82) is 0 Å². The van der Waals surface area contributed by atoms with Crippen LogP contribution in [0, 0.1) is 5.41 Å². The van der Waals surface area contributed by atoms with Crippen LogP contribution in [-0.4, -0.2) is 29.2 Å². The van der Waals surface area contributed by atoms with Gasteiger partial charge >= 0.3 is 0 Å². The summed E-state index contributed by atoms with van der Waals surface area (Å²) in [7, 11) is 0. The second-order valence-electron chi connectivity index (χ2n) is 5.77. The van der Waals surface area contributed by atoms with Crippen LogP contribution < -0.4 is 11.1 Å². The fourth-order valence-electron chi connectivity index (χ4n) is 0.893. The van der Waals surface area contributed by atoms with Crippen LogP contribution in [0.3, 0.4) is 0 Å². The second kappa shape index (κ2) is 4.94. The third kappa shape index (κ3) is 7.33. The Kier molecular flexibility index (Phi) is 4.74. The molecule has 0 aliphatic heterocycles. The van der Waals surface area contributed by atoms with Crippen molar-refractivity contribution in [3.05, 3.63) is 0 Å². The smallest absolute Gasteiger partial charge is 0.221 e. The van der Waals surface area contributed by atoms with Gasteiger partial charge in [-0.15, -0.1) is 0 Å². The van der Waals surface area contributed by atoms with Gasteiger partial charge in [0.25, 0.3) is 0 Å². The van der Waals surface area contributed by atoms with Gasteiger partial charge in [0.1, 0.15) is 0 Å². The first-order valence-electron chi connectivity index (χ1n) is 5.27. The standard InChI is InChI=1S/C11H24N2O2/c1-10(2,3)8(12)6-9(14)13-7-11(4,5)15/h8,15H,6-7,12H2,1-5H3,(H,13,14). The van der Waals surface area contributed by atoms with E-state index in [4.69, 9.17) is 5.73 Å². The van der Waals surface area contributed by atoms with Crippen molar-refractivity contribution in [2.45, 2.75) is 52.7 Å². The van der Waals surface area contributed by atoms with Crippen LogP contribution in [0.2, 0.25) is 0 Å². The molecule has 0 aliphatic carbocycles. The molecule has 4 N–H and O–H groups in total. The number of aliphatic hydroxyl groups is 1. The number of amides is 1. The van der Waals surface area contributed by atoms with Gasteiger partial charge in [-0.1, -0.05) is 20.8 Å². The SMILES string of the molecule is CC(C)(O)CNC(=O)CC(N)C(C)(C)C. The number of hydrogen-bond acceptors (Lipinski definition) is 3. The van der Waals surface area contributed by atoms with Gasteiger partial charge in [-0.05, 0) is 19.3 Å². The molecule has 15 heavy (non-hydrogen) atoms. The van der Waals surface area contributed by atoms with Gasteiger partial charge in [0.2, 0.25) is 5.91 Å². The quantitative estimate of drug-likeness (QED) is 0.645. The molecule has 0 fully saturated rings. The average molecular weight is 216 g/mol. The van der Waals surface area contributed by atoms with Crippen molar-refractivity contribution < 1.29 is 9.90 Å². The number of rotatable bonds is 4. The number of carbonyl (C=O) groups excluding carboxylic acids is 1. The van der Waals surface area contributed by atoms with Gasteiger partial charge < -0.3 is 16.2 Å². The lowest BCUT2D eigenvalue weighted by atomic mass is 9.85. The highest BCUT2D eigenvalue weighted by molar-refractivity contribution is 5.76. The second-order valence-corrected chi connectivity index (χ2v) is 5.77. The van der Waals surface area contributed by atoms with E-state index in [0.717, 1.165) is 0 Å². The minimum Gasteiger partial charge on any atom is -0.389 e. The van der Waals surface area contributed by atoms with Gasteiger partial charge in [-0.2, -0.15) is 0 Å². The van der Waals surface area contributed by atoms with Crippen molar-refractivity contribution in [3.8, 4) is 0 Å². The molecule has 1 unspecified atom stereocenters. The molecule has 0 aliphatic rings. The molecular formula is C11H24N2O2. The molecule has 0 aromatic heterocycles. The molecule has 0 rings (SSSR count). The number of nitrogens with one attached hydrogen (secondary N) is 1. The van der Waals surface area contributed by atoms with E-state index in [0.29, 0.717) is 6.42 Å². The van der Waals surface area contributed by atoms with E-state index < -0.39 is 5.60 Å². The Hall–Kier alpha value is -0.610. The monoisotopic (exact) mass is 216 g/mol. The zero-order valence-corrected chi connectivity index (χ0v) is 10.4. The van der Waals surface area contributed by atoms with E-state index in [-0.39, 0.29) is 23.9 Å². The first-order valence-corrected chi connectivity index (χ1v) is 5.27. The first kappa shape index (κ1) is 14.4. The van der Waals surface area contributed by atoms with Crippen molar-refractivity contribution in [3.63, 3.8) is 0 Å². The van der Waals surface area contributed by atoms with Crippen LogP contribution in [0.1, 0.15) is 41.0 Å². The average Bonchev–Trinajstić information content (AvgIpc) is 1.97. The van der Waals surface area contributed by atoms with Gasteiger partial charge in [-0.25, -0.2) is 0 Å². The van der Waals surface area contributed by atoms with Crippen LogP contribution in [-0.2, 0) is 4.79 Å². The molecule has 0 saturated heterocycles. The maximum Gasteiger partial charge on any atom is 0.221 e. The first-order chi connectivity index (χ1) is 6.52. The third-order valence-corrected chi connectivity index (χ3v) is 2.24. The fraction of sp³-hybridized carbons (Fsp3) is 0.909. The Morgan fingerprint density at radius 2 is 1.80 bits per heavy atom. The van der Waals surface area contributed by atoms with E-state index in [1.165, 1.54) is 0 Å². The molecule has 0 radical (unpaired) electrons.